The molecule has 3 fully saturated rings. The van der Waals surface area contributed by atoms with Crippen molar-refractivity contribution in [3.8, 4) is 0 Å². The van der Waals surface area contributed by atoms with E-state index in [0.29, 0.717) is 12.8 Å². The standard InChI is InChI=1S/C18H28N2O6/c1-5-25-16(24)11-10-6-7-18(26-10)12(11)15(23)20(8-9-21)13(18)14(22)19-17(2,3)4/h10-13,21H,5-9H2,1-4H3,(H,19,22)/t10-,11+,12+,13-,18+/m0/s1. The van der Waals surface area contributed by atoms with Crippen LogP contribution >= 0.6 is 0 Å². The lowest BCUT2D eigenvalue weighted by Crippen LogP contribution is -2.58. The van der Waals surface area contributed by atoms with E-state index in [1.54, 1.807) is 6.92 Å². The van der Waals surface area contributed by atoms with Crippen LogP contribution in [0.5, 0.6) is 0 Å². The highest BCUT2D eigenvalue weighted by atomic mass is 16.6. The Morgan fingerprint density at radius 1 is 1.42 bits per heavy atom. The maximum atomic E-state index is 13.1. The molecule has 2 bridgehead atoms. The quantitative estimate of drug-likeness (QED) is 0.653. The van der Waals surface area contributed by atoms with Crippen LogP contribution in [-0.4, -0.2) is 70.8 Å². The Labute approximate surface area is 153 Å². The fourth-order valence-corrected chi connectivity index (χ4v) is 4.75. The van der Waals surface area contributed by atoms with Gasteiger partial charge in [0.2, 0.25) is 11.8 Å². The van der Waals surface area contributed by atoms with Crippen LogP contribution in [0.4, 0.5) is 0 Å². The monoisotopic (exact) mass is 368 g/mol. The molecule has 146 valence electrons. The number of rotatable bonds is 5. The van der Waals surface area contributed by atoms with Gasteiger partial charge in [0.1, 0.15) is 11.6 Å². The Balaban J connectivity index is 1.98. The van der Waals surface area contributed by atoms with Gasteiger partial charge in [-0.15, -0.1) is 0 Å². The summed E-state index contributed by atoms with van der Waals surface area (Å²) >= 11 is 0. The average Bonchev–Trinajstić information content (AvgIpc) is 3.14. The first-order chi connectivity index (χ1) is 12.2. The SMILES string of the molecule is CCOC(=O)[C@@H]1[C@@H]2CC[C@]3(O2)[C@H](C(=O)NC(C)(C)C)N(CCO)C(=O)[C@@H]13. The lowest BCUT2D eigenvalue weighted by atomic mass is 9.70. The summed E-state index contributed by atoms with van der Waals surface area (Å²) in [5, 5.41) is 12.3. The minimum Gasteiger partial charge on any atom is -0.466 e. The number of hydrogen-bond acceptors (Lipinski definition) is 6. The maximum Gasteiger partial charge on any atom is 0.312 e. The summed E-state index contributed by atoms with van der Waals surface area (Å²) in [5.74, 6) is -2.49. The Hall–Kier alpha value is -1.67. The molecular weight excluding hydrogens is 340 g/mol. The van der Waals surface area contributed by atoms with Crippen molar-refractivity contribution in [2.24, 2.45) is 11.8 Å². The highest BCUT2D eigenvalue weighted by Crippen LogP contribution is 2.58. The molecule has 3 aliphatic rings. The predicted octanol–water partition coefficient (Wildman–Crippen LogP) is -0.169. The molecule has 3 aliphatic heterocycles. The number of aliphatic hydroxyl groups excluding tert-OH is 1. The molecule has 8 nitrogen and oxygen atoms in total. The minimum absolute atomic E-state index is 0.0306. The van der Waals surface area contributed by atoms with Crippen molar-refractivity contribution in [2.45, 2.75) is 63.8 Å². The molecule has 2 N–H and O–H groups in total. The van der Waals surface area contributed by atoms with Gasteiger partial charge in [0.05, 0.1) is 31.2 Å². The Morgan fingerprint density at radius 3 is 2.69 bits per heavy atom. The van der Waals surface area contributed by atoms with Crippen LogP contribution in [-0.2, 0) is 23.9 Å². The smallest absolute Gasteiger partial charge is 0.312 e. The molecule has 1 spiro atoms. The summed E-state index contributed by atoms with van der Waals surface area (Å²) < 4.78 is 11.3. The number of aliphatic hydroxyl groups is 1. The third kappa shape index (κ3) is 2.79. The Morgan fingerprint density at radius 2 is 2.12 bits per heavy atom. The number of nitrogens with one attached hydrogen (secondary N) is 1. The van der Waals surface area contributed by atoms with Gasteiger partial charge in [0.15, 0.2) is 0 Å². The fraction of sp³-hybridized carbons (Fsp3) is 0.833. The maximum absolute atomic E-state index is 13.1. The van der Waals surface area contributed by atoms with Gasteiger partial charge in [-0.2, -0.15) is 0 Å². The summed E-state index contributed by atoms with van der Waals surface area (Å²) in [4.78, 5) is 40.0. The zero-order valence-corrected chi connectivity index (χ0v) is 15.8. The molecule has 0 aromatic heterocycles. The fourth-order valence-electron chi connectivity index (χ4n) is 4.75. The molecule has 0 aromatic rings. The van der Waals surface area contributed by atoms with Crippen LogP contribution in [0.25, 0.3) is 0 Å². The third-order valence-electron chi connectivity index (χ3n) is 5.45. The molecular formula is C18H28N2O6. The molecule has 5 atom stereocenters. The van der Waals surface area contributed by atoms with Gasteiger partial charge in [0, 0.05) is 12.1 Å². The minimum atomic E-state index is -1.02. The molecule has 3 rings (SSSR count). The van der Waals surface area contributed by atoms with Crippen LogP contribution < -0.4 is 5.32 Å². The van der Waals surface area contributed by atoms with E-state index >= 15 is 0 Å². The van der Waals surface area contributed by atoms with Crippen molar-refractivity contribution >= 4 is 17.8 Å². The van der Waals surface area contributed by atoms with Crippen LogP contribution in [0.1, 0.15) is 40.5 Å². The largest absolute Gasteiger partial charge is 0.466 e. The molecule has 0 aliphatic carbocycles. The number of fused-ring (bicyclic) bond motifs is 1. The van der Waals surface area contributed by atoms with Gasteiger partial charge in [-0.05, 0) is 40.5 Å². The highest BCUT2D eigenvalue weighted by Gasteiger charge is 2.74. The number of amides is 2. The average molecular weight is 368 g/mol. The van der Waals surface area contributed by atoms with Crippen molar-refractivity contribution < 1.29 is 29.0 Å². The van der Waals surface area contributed by atoms with E-state index in [9.17, 15) is 19.5 Å². The predicted molar refractivity (Wildman–Crippen MR) is 90.9 cm³/mol. The molecule has 8 heteroatoms. The number of β-amino-alcohol motifs (C(OH)–C–C–N with tert-alkyl or cyclic N) is 1. The number of carbonyl (C=O) groups excluding carboxylic acids is 3. The summed E-state index contributed by atoms with van der Waals surface area (Å²) in [5.41, 5.74) is -1.50. The number of likely N-dealkylation sites (tertiary alicyclic amines) is 1. The lowest BCUT2D eigenvalue weighted by molar-refractivity contribution is -0.154. The van der Waals surface area contributed by atoms with Gasteiger partial charge in [0.25, 0.3) is 0 Å². The molecule has 0 radical (unpaired) electrons. The Kier molecular flexibility index (Phi) is 4.77. The Bertz CT molecular complexity index is 615. The lowest BCUT2D eigenvalue weighted by Gasteiger charge is -2.35. The number of esters is 1. The van der Waals surface area contributed by atoms with E-state index in [-0.39, 0.29) is 31.6 Å². The van der Waals surface area contributed by atoms with Crippen molar-refractivity contribution in [1.82, 2.24) is 10.2 Å². The van der Waals surface area contributed by atoms with E-state index in [0.717, 1.165) is 0 Å². The van der Waals surface area contributed by atoms with Crippen molar-refractivity contribution in [2.75, 3.05) is 19.8 Å². The normalized spacial score (nSPS) is 35.6. The van der Waals surface area contributed by atoms with Gasteiger partial charge >= 0.3 is 5.97 Å². The van der Waals surface area contributed by atoms with E-state index < -0.39 is 41.1 Å². The number of carbonyl (C=O) groups is 3. The second kappa shape index (κ2) is 6.49. The zero-order valence-electron chi connectivity index (χ0n) is 15.8. The molecule has 3 heterocycles. The van der Waals surface area contributed by atoms with Crippen LogP contribution in [0, 0.1) is 11.8 Å². The van der Waals surface area contributed by atoms with Gasteiger partial charge in [-0.25, -0.2) is 0 Å². The molecule has 0 saturated carbocycles. The second-order valence-electron chi connectivity index (χ2n) is 8.30. The second-order valence-corrected chi connectivity index (χ2v) is 8.30. The summed E-state index contributed by atoms with van der Waals surface area (Å²) in [6.07, 6.45) is 0.748. The first kappa shape index (κ1) is 19.1. The third-order valence-corrected chi connectivity index (χ3v) is 5.45. The summed E-state index contributed by atoms with van der Waals surface area (Å²) in [7, 11) is 0. The van der Waals surface area contributed by atoms with Crippen LogP contribution in [0.2, 0.25) is 0 Å². The van der Waals surface area contributed by atoms with Crippen LogP contribution in [0.3, 0.4) is 0 Å². The van der Waals surface area contributed by atoms with E-state index in [4.69, 9.17) is 9.47 Å². The van der Waals surface area contributed by atoms with Gasteiger partial charge in [-0.1, -0.05) is 0 Å². The first-order valence-electron chi connectivity index (χ1n) is 9.24. The van der Waals surface area contributed by atoms with Gasteiger partial charge < -0.3 is 24.8 Å². The van der Waals surface area contributed by atoms with E-state index in [1.165, 1.54) is 4.90 Å². The van der Waals surface area contributed by atoms with E-state index in [1.807, 2.05) is 20.8 Å². The number of nitrogens with zero attached hydrogens (tertiary/aromatic N) is 1. The summed E-state index contributed by atoms with van der Waals surface area (Å²) in [6.45, 7) is 7.30. The first-order valence-corrected chi connectivity index (χ1v) is 9.24. The van der Waals surface area contributed by atoms with Gasteiger partial charge in [-0.3, -0.25) is 14.4 Å². The molecule has 0 aromatic carbocycles. The van der Waals surface area contributed by atoms with Crippen molar-refractivity contribution in [3.63, 3.8) is 0 Å². The van der Waals surface area contributed by atoms with Crippen molar-refractivity contribution in [1.29, 1.82) is 0 Å². The summed E-state index contributed by atoms with van der Waals surface area (Å²) in [6, 6.07) is -0.851. The highest BCUT2D eigenvalue weighted by molar-refractivity contribution is 5.98. The molecule has 3 saturated heterocycles. The molecule has 0 unspecified atom stereocenters. The van der Waals surface area contributed by atoms with E-state index in [2.05, 4.69) is 5.32 Å². The zero-order chi connectivity index (χ0) is 19.3. The number of hydrogen-bond donors (Lipinski definition) is 2. The van der Waals surface area contributed by atoms with Crippen LogP contribution in [0.15, 0.2) is 0 Å². The molecule has 2 amide bonds. The topological polar surface area (TPSA) is 105 Å². The number of ether oxygens (including phenoxy) is 2. The molecule has 26 heavy (non-hydrogen) atoms. The van der Waals surface area contributed by atoms with Crippen molar-refractivity contribution in [3.05, 3.63) is 0 Å².